The van der Waals surface area contributed by atoms with Gasteiger partial charge in [0.2, 0.25) is 0 Å². The van der Waals surface area contributed by atoms with Crippen LogP contribution in [0.4, 0.5) is 11.4 Å². The van der Waals surface area contributed by atoms with E-state index in [1.165, 1.54) is 6.07 Å². The van der Waals surface area contributed by atoms with Gasteiger partial charge in [-0.25, -0.2) is 0 Å². The first-order chi connectivity index (χ1) is 10.5. The van der Waals surface area contributed by atoms with Crippen molar-refractivity contribution in [2.24, 2.45) is 5.73 Å². The van der Waals surface area contributed by atoms with Crippen molar-refractivity contribution in [2.45, 2.75) is 25.8 Å². The van der Waals surface area contributed by atoms with E-state index < -0.39 is 10.8 Å². The average molecular weight is 304 g/mol. The van der Waals surface area contributed by atoms with Crippen LogP contribution >= 0.6 is 0 Å². The normalized spacial score (nSPS) is 24.1. The Morgan fingerprint density at radius 1 is 1.27 bits per heavy atom. The highest BCUT2D eigenvalue weighted by Crippen LogP contribution is 2.35. The fraction of sp³-hybridized carbons (Fsp3) is 0.533. The van der Waals surface area contributed by atoms with E-state index in [-0.39, 0.29) is 11.3 Å². The first kappa shape index (κ1) is 14.8. The minimum atomic E-state index is -0.760. The van der Waals surface area contributed by atoms with Gasteiger partial charge in [0, 0.05) is 37.9 Å². The Morgan fingerprint density at radius 3 is 2.55 bits per heavy atom. The van der Waals surface area contributed by atoms with Gasteiger partial charge in [-0.1, -0.05) is 0 Å². The van der Waals surface area contributed by atoms with Gasteiger partial charge in [-0.3, -0.25) is 14.9 Å². The number of nitrogens with two attached hydrogens (primary N) is 1. The monoisotopic (exact) mass is 304 g/mol. The van der Waals surface area contributed by atoms with E-state index in [9.17, 15) is 14.9 Å². The zero-order chi connectivity index (χ0) is 15.9. The van der Waals surface area contributed by atoms with E-state index >= 15 is 0 Å². The summed E-state index contributed by atoms with van der Waals surface area (Å²) in [6.45, 7) is 5.71. The molecule has 4 rings (SSSR count). The smallest absolute Gasteiger partial charge is 0.287 e. The zero-order valence-electron chi connectivity index (χ0n) is 12.6. The summed E-state index contributed by atoms with van der Waals surface area (Å²) in [5.41, 5.74) is 6.47. The maximum absolute atomic E-state index is 11.4. The fourth-order valence-electron chi connectivity index (χ4n) is 3.64. The second-order valence-corrected chi connectivity index (χ2v) is 5.99. The number of anilines is 1. The molecule has 0 radical (unpaired) electrons. The highest BCUT2D eigenvalue weighted by molar-refractivity contribution is 5.98. The molecule has 2 N–H and O–H groups in total. The van der Waals surface area contributed by atoms with Gasteiger partial charge in [0.15, 0.2) is 0 Å². The highest BCUT2D eigenvalue weighted by Gasteiger charge is 2.32. The lowest BCUT2D eigenvalue weighted by Gasteiger charge is -2.33. The van der Waals surface area contributed by atoms with Crippen molar-refractivity contribution in [3.63, 3.8) is 0 Å². The Bertz CT molecular complexity index is 623. The van der Waals surface area contributed by atoms with Crippen molar-refractivity contribution < 1.29 is 9.72 Å². The van der Waals surface area contributed by atoms with Crippen LogP contribution in [0.15, 0.2) is 12.1 Å². The molecule has 3 aliphatic heterocycles. The van der Waals surface area contributed by atoms with E-state index in [0.717, 1.165) is 44.7 Å². The molecule has 0 saturated carbocycles. The summed E-state index contributed by atoms with van der Waals surface area (Å²) in [6, 6.07) is 3.70. The quantitative estimate of drug-likeness (QED) is 0.671. The number of carbonyl (C=O) groups excluding carboxylic acids is 1. The molecular formula is C15H20N4O3. The Hall–Kier alpha value is -2.15. The number of primary amides is 1. The topological polar surface area (TPSA) is 92.7 Å². The first-order valence-electron chi connectivity index (χ1n) is 7.56. The number of fused-ring (bicyclic) bond motifs is 4. The van der Waals surface area contributed by atoms with E-state index in [2.05, 4.69) is 9.80 Å². The number of hydrogen-bond donors (Lipinski definition) is 1. The molecule has 7 heteroatoms. The predicted molar refractivity (Wildman–Crippen MR) is 83.2 cm³/mol. The maximum Gasteiger partial charge on any atom is 0.287 e. The summed E-state index contributed by atoms with van der Waals surface area (Å²) >= 11 is 0. The minimum absolute atomic E-state index is 0.0193. The second kappa shape index (κ2) is 5.57. The summed E-state index contributed by atoms with van der Waals surface area (Å²) in [6.07, 6.45) is 2.15. The van der Waals surface area contributed by atoms with Gasteiger partial charge >= 0.3 is 0 Å². The van der Waals surface area contributed by atoms with Crippen molar-refractivity contribution in [2.75, 3.05) is 31.1 Å². The Balaban J connectivity index is 2.06. The van der Waals surface area contributed by atoms with Crippen LogP contribution < -0.4 is 10.6 Å². The van der Waals surface area contributed by atoms with Crippen molar-refractivity contribution in [3.05, 3.63) is 33.4 Å². The molecule has 1 amide bonds. The van der Waals surface area contributed by atoms with Crippen molar-refractivity contribution in [1.29, 1.82) is 0 Å². The summed E-state index contributed by atoms with van der Waals surface area (Å²) in [5.74, 6) is -0.760. The number of nitro groups is 1. The molecule has 0 aromatic heterocycles. The van der Waals surface area contributed by atoms with Gasteiger partial charge in [0.25, 0.3) is 11.6 Å². The minimum Gasteiger partial charge on any atom is -0.367 e. The van der Waals surface area contributed by atoms with Crippen LogP contribution in [0.2, 0.25) is 0 Å². The highest BCUT2D eigenvalue weighted by atomic mass is 16.6. The molecule has 0 unspecified atom stereocenters. The van der Waals surface area contributed by atoms with Crippen LogP contribution in [-0.4, -0.2) is 48.0 Å². The van der Waals surface area contributed by atoms with Crippen molar-refractivity contribution in [3.8, 4) is 0 Å². The molecule has 3 saturated heterocycles. The van der Waals surface area contributed by atoms with Crippen molar-refractivity contribution in [1.82, 2.24) is 4.90 Å². The summed E-state index contributed by atoms with van der Waals surface area (Å²) in [5, 5.41) is 11.4. The molecule has 0 aliphatic carbocycles. The number of nitro benzene ring substituents is 1. The molecule has 2 bridgehead atoms. The number of piperidine rings is 1. The van der Waals surface area contributed by atoms with Crippen LogP contribution in [0.5, 0.6) is 0 Å². The largest absolute Gasteiger partial charge is 0.367 e. The van der Waals surface area contributed by atoms with Crippen LogP contribution in [0.3, 0.4) is 0 Å². The Morgan fingerprint density at radius 2 is 1.95 bits per heavy atom. The second-order valence-electron chi connectivity index (χ2n) is 5.99. The molecule has 3 aliphatic rings. The number of nitrogens with zero attached hydrogens (tertiary/aromatic N) is 3. The van der Waals surface area contributed by atoms with E-state index in [0.29, 0.717) is 11.6 Å². The number of rotatable bonds is 3. The van der Waals surface area contributed by atoms with Crippen LogP contribution in [-0.2, 0) is 0 Å². The molecule has 3 fully saturated rings. The summed E-state index contributed by atoms with van der Waals surface area (Å²) in [4.78, 5) is 27.0. The molecule has 118 valence electrons. The van der Waals surface area contributed by atoms with E-state index in [4.69, 9.17) is 5.73 Å². The Kier molecular flexibility index (Phi) is 3.74. The number of amides is 1. The predicted octanol–water partition coefficient (Wildman–Crippen LogP) is 1.29. The molecule has 1 aromatic rings. The molecule has 0 atom stereocenters. The third kappa shape index (κ3) is 2.41. The number of hydrogen-bond acceptors (Lipinski definition) is 5. The summed E-state index contributed by atoms with van der Waals surface area (Å²) < 4.78 is 0. The number of benzene rings is 1. The first-order valence-corrected chi connectivity index (χ1v) is 7.56. The number of carbonyl (C=O) groups is 1. The molecule has 22 heavy (non-hydrogen) atoms. The lowest BCUT2D eigenvalue weighted by molar-refractivity contribution is -0.385. The fourth-order valence-corrected chi connectivity index (χ4v) is 3.64. The average Bonchev–Trinajstić information content (AvgIpc) is 2.80. The third-order valence-electron chi connectivity index (χ3n) is 4.81. The maximum atomic E-state index is 11.4. The standard InChI is InChI=1S/C15H20N4O3/c1-10-13(3-2-12(15(16)20)14(10)19(21)22)18-9-8-17-6-4-11(18)5-7-17/h2-3,11H,4-9H2,1H3,(H2,16,20). The van der Waals surface area contributed by atoms with Gasteiger partial charge in [0.1, 0.15) is 5.56 Å². The summed E-state index contributed by atoms with van der Waals surface area (Å²) in [7, 11) is 0. The Labute approximate surface area is 128 Å². The lowest BCUT2D eigenvalue weighted by Crippen LogP contribution is -2.38. The van der Waals surface area contributed by atoms with Gasteiger partial charge in [0.05, 0.1) is 10.5 Å². The molecular weight excluding hydrogens is 284 g/mol. The van der Waals surface area contributed by atoms with Gasteiger partial charge in [-0.15, -0.1) is 0 Å². The lowest BCUT2D eigenvalue weighted by atomic mass is 10.0. The van der Waals surface area contributed by atoms with Gasteiger partial charge in [-0.05, 0) is 31.9 Å². The van der Waals surface area contributed by atoms with E-state index in [1.54, 1.807) is 13.0 Å². The molecule has 1 aromatic carbocycles. The van der Waals surface area contributed by atoms with Crippen LogP contribution in [0.1, 0.15) is 28.8 Å². The van der Waals surface area contributed by atoms with Crippen LogP contribution in [0.25, 0.3) is 0 Å². The zero-order valence-corrected chi connectivity index (χ0v) is 12.6. The third-order valence-corrected chi connectivity index (χ3v) is 4.81. The van der Waals surface area contributed by atoms with Crippen molar-refractivity contribution >= 4 is 17.3 Å². The molecule has 7 nitrogen and oxygen atoms in total. The van der Waals surface area contributed by atoms with E-state index in [1.807, 2.05) is 0 Å². The van der Waals surface area contributed by atoms with Gasteiger partial charge in [-0.2, -0.15) is 0 Å². The molecule has 0 spiro atoms. The SMILES string of the molecule is Cc1c(N2CCN3CCC2CC3)ccc(C(N)=O)c1[N+](=O)[O-]. The van der Waals surface area contributed by atoms with Crippen LogP contribution in [0, 0.1) is 17.0 Å². The molecule has 3 heterocycles. The van der Waals surface area contributed by atoms with Gasteiger partial charge < -0.3 is 15.5 Å².